The summed E-state index contributed by atoms with van der Waals surface area (Å²) in [5.74, 6) is 0.0703. The van der Waals surface area contributed by atoms with Gasteiger partial charge in [0, 0.05) is 70.0 Å². The SMILES string of the molecule is CN(c1ncc(Cl)c(Nc2ccc3c(c2)n(CCC(C)(C)O)c(=O)n3C)n1)C1CCN(c2ccc3c(C4CCC(=O)NC4=O)nn(C)c3c2)CC1. The van der Waals surface area contributed by atoms with Gasteiger partial charge in [-0.25, -0.2) is 9.78 Å². The van der Waals surface area contributed by atoms with E-state index in [9.17, 15) is 19.5 Å². The Kier molecular flexibility index (Phi) is 9.00. The number of imidazole rings is 1. The molecule has 14 nitrogen and oxygen atoms in total. The number of imide groups is 1. The van der Waals surface area contributed by atoms with Crippen molar-refractivity contribution < 1.29 is 14.7 Å². The molecule has 3 aromatic heterocycles. The molecule has 1 unspecified atom stereocenters. The van der Waals surface area contributed by atoms with Crippen LogP contribution in [0.5, 0.6) is 0 Å². The molecule has 5 heterocycles. The van der Waals surface area contributed by atoms with E-state index in [1.54, 1.807) is 36.2 Å². The van der Waals surface area contributed by atoms with Gasteiger partial charge >= 0.3 is 5.69 Å². The number of halogens is 1. The first-order chi connectivity index (χ1) is 24.3. The first-order valence-electron chi connectivity index (χ1n) is 17.3. The fraction of sp³-hybridized carbons (Fsp3) is 0.444. The van der Waals surface area contributed by atoms with Crippen LogP contribution in [0.15, 0.2) is 47.4 Å². The highest BCUT2D eigenvalue weighted by molar-refractivity contribution is 6.33. The minimum absolute atomic E-state index is 0.141. The Hall–Kier alpha value is -4.95. The van der Waals surface area contributed by atoms with Gasteiger partial charge in [0.1, 0.15) is 5.02 Å². The Morgan fingerprint density at radius 3 is 2.53 bits per heavy atom. The van der Waals surface area contributed by atoms with Crippen LogP contribution in [-0.2, 0) is 30.2 Å². The molecule has 2 aromatic carbocycles. The third-order valence-corrected chi connectivity index (χ3v) is 10.5. The number of nitrogens with one attached hydrogen (secondary N) is 2. The average Bonchev–Trinajstić information content (AvgIpc) is 3.55. The van der Waals surface area contributed by atoms with Gasteiger partial charge in [0.2, 0.25) is 17.8 Å². The molecular formula is C36H43ClN10O4. The summed E-state index contributed by atoms with van der Waals surface area (Å²) in [6, 6.07) is 12.1. The quantitative estimate of drug-likeness (QED) is 0.189. The van der Waals surface area contributed by atoms with E-state index in [1.807, 2.05) is 43.0 Å². The molecule has 0 spiro atoms. The monoisotopic (exact) mass is 714 g/mol. The van der Waals surface area contributed by atoms with Crippen molar-refractivity contribution in [1.29, 1.82) is 0 Å². The minimum atomic E-state index is -0.898. The molecule has 1 atom stereocenters. The molecule has 2 fully saturated rings. The highest BCUT2D eigenvalue weighted by atomic mass is 35.5. The zero-order valence-electron chi connectivity index (χ0n) is 29.5. The van der Waals surface area contributed by atoms with Crippen molar-refractivity contribution in [3.8, 4) is 0 Å². The van der Waals surface area contributed by atoms with Crippen LogP contribution in [0.2, 0.25) is 5.02 Å². The normalized spacial score (nSPS) is 17.4. The summed E-state index contributed by atoms with van der Waals surface area (Å²) >= 11 is 6.57. The van der Waals surface area contributed by atoms with Crippen molar-refractivity contribution in [1.82, 2.24) is 34.2 Å². The van der Waals surface area contributed by atoms with Gasteiger partial charge < -0.3 is 20.2 Å². The zero-order valence-corrected chi connectivity index (χ0v) is 30.2. The number of carbonyl (C=O) groups is 2. The number of anilines is 4. The predicted molar refractivity (Wildman–Crippen MR) is 198 cm³/mol. The zero-order chi connectivity index (χ0) is 36.2. The molecule has 268 valence electrons. The van der Waals surface area contributed by atoms with E-state index in [1.165, 1.54) is 0 Å². The summed E-state index contributed by atoms with van der Waals surface area (Å²) in [6.07, 6.45) is 4.60. The smallest absolute Gasteiger partial charge is 0.328 e. The number of aryl methyl sites for hydroxylation is 3. The highest BCUT2D eigenvalue weighted by Gasteiger charge is 2.32. The molecule has 51 heavy (non-hydrogen) atoms. The van der Waals surface area contributed by atoms with Crippen LogP contribution in [0.4, 0.5) is 23.1 Å². The maximum absolute atomic E-state index is 13.0. The summed E-state index contributed by atoms with van der Waals surface area (Å²) in [6.45, 7) is 5.52. The van der Waals surface area contributed by atoms with Gasteiger partial charge in [-0.2, -0.15) is 10.1 Å². The van der Waals surface area contributed by atoms with E-state index in [4.69, 9.17) is 16.6 Å². The Morgan fingerprint density at radius 2 is 1.80 bits per heavy atom. The molecule has 2 aliphatic rings. The summed E-state index contributed by atoms with van der Waals surface area (Å²) < 4.78 is 5.10. The second-order valence-electron chi connectivity index (χ2n) is 14.3. The number of aliphatic hydroxyl groups is 1. The second kappa shape index (κ2) is 13.3. The number of nitrogens with zero attached hydrogens (tertiary/aromatic N) is 8. The van der Waals surface area contributed by atoms with Gasteiger partial charge in [-0.15, -0.1) is 0 Å². The molecule has 0 radical (unpaired) electrons. The number of carbonyl (C=O) groups excluding carboxylic acids is 2. The van der Waals surface area contributed by atoms with Crippen LogP contribution in [0.25, 0.3) is 21.9 Å². The van der Waals surface area contributed by atoms with E-state index >= 15 is 0 Å². The van der Waals surface area contributed by atoms with Crippen LogP contribution in [0, 0.1) is 0 Å². The van der Waals surface area contributed by atoms with Crippen molar-refractivity contribution in [3.05, 3.63) is 63.8 Å². The van der Waals surface area contributed by atoms with E-state index in [-0.39, 0.29) is 23.5 Å². The number of rotatable bonds is 9. The molecule has 5 aromatic rings. The van der Waals surface area contributed by atoms with Gasteiger partial charge in [0.05, 0.1) is 40.0 Å². The van der Waals surface area contributed by atoms with Gasteiger partial charge in [-0.3, -0.25) is 28.7 Å². The van der Waals surface area contributed by atoms with Crippen LogP contribution in [-0.4, -0.2) is 77.6 Å². The summed E-state index contributed by atoms with van der Waals surface area (Å²) in [4.78, 5) is 51.0. The topological polar surface area (TPSA) is 155 Å². The van der Waals surface area contributed by atoms with Crippen molar-refractivity contribution in [2.75, 3.05) is 35.3 Å². The van der Waals surface area contributed by atoms with Gasteiger partial charge in [0.15, 0.2) is 5.82 Å². The molecule has 0 saturated carbocycles. The Morgan fingerprint density at radius 1 is 1.04 bits per heavy atom. The van der Waals surface area contributed by atoms with Crippen molar-refractivity contribution in [3.63, 3.8) is 0 Å². The molecule has 0 aliphatic carbocycles. The molecule has 0 bridgehead atoms. The van der Waals surface area contributed by atoms with Crippen molar-refractivity contribution in [2.24, 2.45) is 14.1 Å². The fourth-order valence-electron chi connectivity index (χ4n) is 7.20. The predicted octanol–water partition coefficient (Wildman–Crippen LogP) is 4.20. The molecular weight excluding hydrogens is 672 g/mol. The summed E-state index contributed by atoms with van der Waals surface area (Å²) in [5.41, 5.74) is 3.98. The number of amides is 2. The number of hydrogen-bond acceptors (Lipinski definition) is 10. The molecule has 2 amide bonds. The number of aromatic nitrogens is 6. The second-order valence-corrected chi connectivity index (χ2v) is 14.7. The van der Waals surface area contributed by atoms with Crippen molar-refractivity contribution in [2.45, 2.75) is 70.1 Å². The third kappa shape index (κ3) is 6.77. The van der Waals surface area contributed by atoms with Gasteiger partial charge in [-0.05, 0) is 75.9 Å². The van der Waals surface area contributed by atoms with Crippen LogP contribution >= 0.6 is 11.6 Å². The molecule has 2 aliphatic heterocycles. The highest BCUT2D eigenvalue weighted by Crippen LogP contribution is 2.34. The van der Waals surface area contributed by atoms with E-state index in [0.29, 0.717) is 48.3 Å². The summed E-state index contributed by atoms with van der Waals surface area (Å²) in [5, 5.41) is 22.0. The van der Waals surface area contributed by atoms with E-state index in [0.717, 1.165) is 59.2 Å². The first-order valence-corrected chi connectivity index (χ1v) is 17.6. The molecule has 3 N–H and O–H groups in total. The largest absolute Gasteiger partial charge is 0.390 e. The Balaban J connectivity index is 1.04. The van der Waals surface area contributed by atoms with E-state index < -0.39 is 11.5 Å². The van der Waals surface area contributed by atoms with Crippen molar-refractivity contribution >= 4 is 68.5 Å². The molecule has 2 saturated heterocycles. The standard InChI is InChI=1S/C36H43ClN10O4/c1-36(2,51)14-17-47-29-18-21(6-10-27(29)44(4)35(47)50)39-32-26(37)20-38-34(41-32)43(3)22-12-15-46(16-13-22)23-7-8-24-28(19-23)45(5)42-31(24)25-9-11-30(48)40-33(25)49/h6-8,10,18-20,22,25,51H,9,11-17H2,1-5H3,(H,38,39,41)(H,40,48,49). The average molecular weight is 715 g/mol. The van der Waals surface area contributed by atoms with Gasteiger partial charge in [0.25, 0.3) is 0 Å². The Labute approximate surface area is 300 Å². The summed E-state index contributed by atoms with van der Waals surface area (Å²) in [7, 11) is 5.63. The van der Waals surface area contributed by atoms with E-state index in [2.05, 4.69) is 42.6 Å². The number of piperidine rings is 2. The van der Waals surface area contributed by atoms with Crippen LogP contribution in [0.1, 0.15) is 57.6 Å². The lowest BCUT2D eigenvalue weighted by atomic mass is 9.92. The maximum Gasteiger partial charge on any atom is 0.328 e. The lowest BCUT2D eigenvalue weighted by Crippen LogP contribution is -2.44. The number of hydrogen-bond donors (Lipinski definition) is 3. The first kappa shape index (κ1) is 34.5. The lowest BCUT2D eigenvalue weighted by Gasteiger charge is -2.38. The third-order valence-electron chi connectivity index (χ3n) is 10.2. The minimum Gasteiger partial charge on any atom is -0.390 e. The fourth-order valence-corrected chi connectivity index (χ4v) is 7.34. The van der Waals surface area contributed by atoms with Gasteiger partial charge in [-0.1, -0.05) is 11.6 Å². The molecule has 15 heteroatoms. The number of benzene rings is 2. The maximum atomic E-state index is 13.0. The number of fused-ring (bicyclic) bond motifs is 2. The molecule has 7 rings (SSSR count). The Bertz CT molecular complexity index is 2210. The lowest BCUT2D eigenvalue weighted by molar-refractivity contribution is -0.134. The van der Waals surface area contributed by atoms with Crippen LogP contribution in [0.3, 0.4) is 0 Å². The van der Waals surface area contributed by atoms with Crippen LogP contribution < -0.4 is 26.1 Å².